The molecule has 0 aliphatic carbocycles. The number of methoxy groups -OCH3 is 1. The number of benzene rings is 1. The van der Waals surface area contributed by atoms with E-state index in [1.54, 1.807) is 13.3 Å². The maximum atomic E-state index is 6.00. The number of hydrogen-bond donors (Lipinski definition) is 1. The van der Waals surface area contributed by atoms with Crippen molar-refractivity contribution in [3.05, 3.63) is 38.9 Å². The molecule has 0 spiro atoms. The minimum Gasteiger partial charge on any atom is -0.439 e. The van der Waals surface area contributed by atoms with Crippen LogP contribution in [-0.2, 0) is 11.3 Å². The Morgan fingerprint density at radius 1 is 1.47 bits per heavy atom. The van der Waals surface area contributed by atoms with Crippen LogP contribution >= 0.6 is 34.2 Å². The molecule has 0 aliphatic rings. The Hall–Kier alpha value is -0.630. The fraction of sp³-hybridized carbons (Fsp3) is 0.308. The van der Waals surface area contributed by atoms with Gasteiger partial charge in [0.2, 0.25) is 5.89 Å². The molecule has 4 nitrogen and oxygen atoms in total. The van der Waals surface area contributed by atoms with Gasteiger partial charge in [-0.15, -0.1) is 0 Å². The quantitative estimate of drug-likeness (QED) is 0.605. The number of hydrogen-bond acceptors (Lipinski definition) is 4. The average molecular weight is 393 g/mol. The molecule has 6 heteroatoms. The van der Waals surface area contributed by atoms with Crippen LogP contribution in [0.15, 0.2) is 28.8 Å². The lowest BCUT2D eigenvalue weighted by Gasteiger charge is -2.02. The Balaban J connectivity index is 2.06. The molecule has 0 radical (unpaired) electrons. The maximum Gasteiger partial charge on any atom is 0.208 e. The molecule has 2 aromatic rings. The molecule has 1 aromatic carbocycles. The summed E-state index contributed by atoms with van der Waals surface area (Å²) >= 11 is 8.25. The van der Waals surface area contributed by atoms with Crippen molar-refractivity contribution >= 4 is 34.2 Å². The summed E-state index contributed by atoms with van der Waals surface area (Å²) in [6.07, 6.45) is 1.72. The van der Waals surface area contributed by atoms with Gasteiger partial charge >= 0.3 is 0 Å². The van der Waals surface area contributed by atoms with E-state index in [1.165, 1.54) is 0 Å². The second-order valence-corrected chi connectivity index (χ2v) is 5.51. The zero-order chi connectivity index (χ0) is 13.7. The van der Waals surface area contributed by atoms with Gasteiger partial charge in [-0.25, -0.2) is 4.98 Å². The van der Waals surface area contributed by atoms with E-state index >= 15 is 0 Å². The minimum atomic E-state index is 0.584. The largest absolute Gasteiger partial charge is 0.439 e. The molecule has 1 heterocycles. The predicted octanol–water partition coefficient (Wildman–Crippen LogP) is 3.34. The normalized spacial score (nSPS) is 10.9. The number of rotatable bonds is 6. The van der Waals surface area contributed by atoms with Gasteiger partial charge in [0.1, 0.15) is 0 Å². The summed E-state index contributed by atoms with van der Waals surface area (Å²) in [7, 11) is 1.67. The van der Waals surface area contributed by atoms with Crippen molar-refractivity contribution in [3.63, 3.8) is 0 Å². The molecular weight excluding hydrogens is 379 g/mol. The van der Waals surface area contributed by atoms with Gasteiger partial charge in [0.05, 0.1) is 19.3 Å². The third-order valence-corrected chi connectivity index (χ3v) is 3.68. The van der Waals surface area contributed by atoms with E-state index in [4.69, 9.17) is 20.8 Å². The Bertz CT molecular complexity index is 545. The summed E-state index contributed by atoms with van der Waals surface area (Å²) in [5.41, 5.74) is 0.962. The van der Waals surface area contributed by atoms with Crippen molar-refractivity contribution in [1.29, 1.82) is 0 Å². The fourth-order valence-electron chi connectivity index (χ4n) is 1.57. The zero-order valence-corrected chi connectivity index (χ0v) is 13.4. The first-order valence-electron chi connectivity index (χ1n) is 5.80. The smallest absolute Gasteiger partial charge is 0.208 e. The lowest BCUT2D eigenvalue weighted by atomic mass is 10.2. The molecule has 2 rings (SSSR count). The first-order valence-corrected chi connectivity index (χ1v) is 7.26. The molecule has 0 atom stereocenters. The molecule has 0 unspecified atom stereocenters. The van der Waals surface area contributed by atoms with E-state index < -0.39 is 0 Å². The lowest BCUT2D eigenvalue weighted by Crippen LogP contribution is -2.18. The topological polar surface area (TPSA) is 47.3 Å². The molecular formula is C13H14ClIN2O2. The lowest BCUT2D eigenvalue weighted by molar-refractivity contribution is 0.198. The van der Waals surface area contributed by atoms with Gasteiger partial charge in [-0.2, -0.15) is 0 Å². The van der Waals surface area contributed by atoms with E-state index in [9.17, 15) is 0 Å². The van der Waals surface area contributed by atoms with E-state index in [1.807, 2.05) is 18.2 Å². The van der Waals surface area contributed by atoms with Crippen LogP contribution in [0, 0.1) is 3.57 Å². The van der Waals surface area contributed by atoms with E-state index in [-0.39, 0.29) is 0 Å². The number of aromatic nitrogens is 1. The highest BCUT2D eigenvalue weighted by molar-refractivity contribution is 14.1. The molecule has 0 bridgehead atoms. The highest BCUT2D eigenvalue weighted by Crippen LogP contribution is 2.28. The van der Waals surface area contributed by atoms with Crippen LogP contribution in [0.5, 0.6) is 0 Å². The highest BCUT2D eigenvalue weighted by atomic mass is 127. The monoisotopic (exact) mass is 392 g/mol. The molecule has 19 heavy (non-hydrogen) atoms. The van der Waals surface area contributed by atoms with Crippen LogP contribution in [0.1, 0.15) is 5.89 Å². The number of halogens is 2. The van der Waals surface area contributed by atoms with Crippen LogP contribution in [-0.4, -0.2) is 25.2 Å². The van der Waals surface area contributed by atoms with Crippen LogP contribution in [0.4, 0.5) is 0 Å². The summed E-state index contributed by atoms with van der Waals surface area (Å²) in [5, 5.41) is 3.87. The Morgan fingerprint density at radius 2 is 2.32 bits per heavy atom. The van der Waals surface area contributed by atoms with Crippen molar-refractivity contribution < 1.29 is 9.15 Å². The van der Waals surface area contributed by atoms with Gasteiger partial charge in [0, 0.05) is 27.8 Å². The molecule has 1 N–H and O–H groups in total. The summed E-state index contributed by atoms with van der Waals surface area (Å²) in [4.78, 5) is 4.24. The first-order chi connectivity index (χ1) is 9.20. The molecule has 1 aromatic heterocycles. The predicted molar refractivity (Wildman–Crippen MR) is 83.2 cm³/mol. The standard InChI is InChI=1S/C13H14ClIN2O2/c1-18-5-4-16-8-13-17-7-12(19-13)10-6-9(14)2-3-11(10)15/h2-3,6-7,16H,4-5,8H2,1H3. The van der Waals surface area contributed by atoms with Gasteiger partial charge in [-0.05, 0) is 40.8 Å². The van der Waals surface area contributed by atoms with Gasteiger partial charge < -0.3 is 14.5 Å². The van der Waals surface area contributed by atoms with Gasteiger partial charge in [-0.3, -0.25) is 0 Å². The number of oxazole rings is 1. The Labute approximate surface area is 130 Å². The van der Waals surface area contributed by atoms with E-state index in [0.29, 0.717) is 24.1 Å². The van der Waals surface area contributed by atoms with Crippen LogP contribution in [0.3, 0.4) is 0 Å². The molecule has 0 amide bonds. The van der Waals surface area contributed by atoms with Crippen LogP contribution < -0.4 is 5.32 Å². The average Bonchev–Trinajstić information content (AvgIpc) is 2.86. The minimum absolute atomic E-state index is 0.584. The third-order valence-electron chi connectivity index (χ3n) is 2.51. The molecule has 0 saturated heterocycles. The highest BCUT2D eigenvalue weighted by Gasteiger charge is 2.10. The van der Waals surface area contributed by atoms with E-state index in [0.717, 1.165) is 21.4 Å². The number of ether oxygens (including phenoxy) is 1. The number of nitrogens with one attached hydrogen (secondary N) is 1. The molecule has 0 saturated carbocycles. The Kier molecular flexibility index (Phi) is 5.62. The summed E-state index contributed by atoms with van der Waals surface area (Å²) in [6, 6.07) is 5.69. The fourth-order valence-corrected chi connectivity index (χ4v) is 2.35. The SMILES string of the molecule is COCCNCc1ncc(-c2cc(Cl)ccc2I)o1. The van der Waals surface area contributed by atoms with E-state index in [2.05, 4.69) is 32.9 Å². The van der Waals surface area contributed by atoms with Gasteiger partial charge in [0.25, 0.3) is 0 Å². The van der Waals surface area contributed by atoms with Crippen molar-refractivity contribution in [1.82, 2.24) is 10.3 Å². The first kappa shape index (κ1) is 14.8. The second kappa shape index (κ2) is 7.23. The van der Waals surface area contributed by atoms with Crippen LogP contribution in [0.2, 0.25) is 5.02 Å². The molecule has 102 valence electrons. The van der Waals surface area contributed by atoms with Crippen molar-refractivity contribution in [2.75, 3.05) is 20.3 Å². The molecule has 0 fully saturated rings. The Morgan fingerprint density at radius 3 is 3.11 bits per heavy atom. The van der Waals surface area contributed by atoms with Gasteiger partial charge in [-0.1, -0.05) is 11.6 Å². The maximum absolute atomic E-state index is 6.00. The van der Waals surface area contributed by atoms with Crippen LogP contribution in [0.25, 0.3) is 11.3 Å². The zero-order valence-electron chi connectivity index (χ0n) is 10.5. The van der Waals surface area contributed by atoms with Crippen molar-refractivity contribution in [2.45, 2.75) is 6.54 Å². The second-order valence-electron chi connectivity index (χ2n) is 3.91. The molecule has 0 aliphatic heterocycles. The summed E-state index contributed by atoms with van der Waals surface area (Å²) < 4.78 is 11.7. The third kappa shape index (κ3) is 4.17. The number of nitrogens with zero attached hydrogens (tertiary/aromatic N) is 1. The summed E-state index contributed by atoms with van der Waals surface area (Å²) in [5.74, 6) is 1.39. The van der Waals surface area contributed by atoms with Crippen molar-refractivity contribution in [3.8, 4) is 11.3 Å². The summed E-state index contributed by atoms with van der Waals surface area (Å²) in [6.45, 7) is 2.02. The van der Waals surface area contributed by atoms with Crippen molar-refractivity contribution in [2.24, 2.45) is 0 Å². The van der Waals surface area contributed by atoms with Gasteiger partial charge in [0.15, 0.2) is 5.76 Å².